The summed E-state index contributed by atoms with van der Waals surface area (Å²) in [5.41, 5.74) is 3.97. The van der Waals surface area contributed by atoms with E-state index in [-0.39, 0.29) is 0 Å². The number of pyridine rings is 1. The number of aromatic nitrogens is 1. The fourth-order valence-electron chi connectivity index (χ4n) is 2.23. The number of anilines is 1. The van der Waals surface area contributed by atoms with Crippen molar-refractivity contribution in [3.8, 4) is 17.6 Å². The Balaban J connectivity index is 1.66. The third kappa shape index (κ3) is 4.37. The minimum Gasteiger partial charge on any atom is -0.497 e. The van der Waals surface area contributed by atoms with Gasteiger partial charge in [0.15, 0.2) is 0 Å². The standard InChI is InChI=1S/C21H18N2O/c1-24-21-12-9-18(10-13-21)16-23-20-7-4-5-17(15-20)8-11-19-6-2-3-14-22-19/h2-7,9-10,12-15,23H,16H2,1H3. The molecule has 0 atom stereocenters. The molecule has 3 nitrogen and oxygen atoms in total. The molecule has 1 heterocycles. The van der Waals surface area contributed by atoms with Crippen LogP contribution in [0.1, 0.15) is 16.8 Å². The Morgan fingerprint density at radius 2 is 1.83 bits per heavy atom. The van der Waals surface area contributed by atoms with Crippen molar-refractivity contribution in [3.05, 3.63) is 89.7 Å². The minimum absolute atomic E-state index is 0.751. The first-order chi connectivity index (χ1) is 11.8. The fourth-order valence-corrected chi connectivity index (χ4v) is 2.23. The van der Waals surface area contributed by atoms with Gasteiger partial charge in [0.25, 0.3) is 0 Å². The van der Waals surface area contributed by atoms with Crippen LogP contribution in [0.3, 0.4) is 0 Å². The lowest BCUT2D eigenvalue weighted by Gasteiger charge is -2.07. The highest BCUT2D eigenvalue weighted by molar-refractivity contribution is 5.52. The summed E-state index contributed by atoms with van der Waals surface area (Å²) in [5.74, 6) is 7.08. The molecule has 0 fully saturated rings. The van der Waals surface area contributed by atoms with E-state index in [4.69, 9.17) is 4.74 Å². The van der Waals surface area contributed by atoms with E-state index in [0.717, 1.165) is 29.2 Å². The lowest BCUT2D eigenvalue weighted by molar-refractivity contribution is 0.414. The molecule has 0 bridgehead atoms. The molecule has 3 rings (SSSR count). The van der Waals surface area contributed by atoms with E-state index in [1.807, 2.05) is 54.6 Å². The van der Waals surface area contributed by atoms with Gasteiger partial charge in [-0.25, -0.2) is 4.98 Å². The van der Waals surface area contributed by atoms with E-state index in [1.54, 1.807) is 13.3 Å². The lowest BCUT2D eigenvalue weighted by atomic mass is 10.1. The Bertz CT molecular complexity index is 846. The summed E-state index contributed by atoms with van der Waals surface area (Å²) in [7, 11) is 1.67. The number of hydrogen-bond donors (Lipinski definition) is 1. The number of benzene rings is 2. The summed E-state index contributed by atoms with van der Waals surface area (Å²) in [5, 5.41) is 3.41. The van der Waals surface area contributed by atoms with Crippen LogP contribution in [0.5, 0.6) is 5.75 Å². The number of methoxy groups -OCH3 is 1. The largest absolute Gasteiger partial charge is 0.497 e. The molecule has 3 aromatic rings. The Labute approximate surface area is 142 Å². The summed E-state index contributed by atoms with van der Waals surface area (Å²) in [4.78, 5) is 4.21. The zero-order chi connectivity index (χ0) is 16.6. The second-order valence-electron chi connectivity index (χ2n) is 5.25. The van der Waals surface area contributed by atoms with Crippen molar-refractivity contribution in [2.75, 3.05) is 12.4 Å². The molecule has 0 aliphatic carbocycles. The number of hydrogen-bond acceptors (Lipinski definition) is 3. The van der Waals surface area contributed by atoms with Gasteiger partial charge >= 0.3 is 0 Å². The van der Waals surface area contributed by atoms with E-state index < -0.39 is 0 Å². The summed E-state index contributed by atoms with van der Waals surface area (Å²) in [6.45, 7) is 0.751. The smallest absolute Gasteiger partial charge is 0.118 e. The summed E-state index contributed by atoms with van der Waals surface area (Å²) in [6.07, 6.45) is 1.75. The molecule has 24 heavy (non-hydrogen) atoms. The normalized spacial score (nSPS) is 9.71. The van der Waals surface area contributed by atoms with Gasteiger partial charge in [-0.1, -0.05) is 30.2 Å². The molecule has 0 amide bonds. The Morgan fingerprint density at radius 3 is 2.58 bits per heavy atom. The monoisotopic (exact) mass is 314 g/mol. The van der Waals surface area contributed by atoms with Crippen LogP contribution in [0.2, 0.25) is 0 Å². The highest BCUT2D eigenvalue weighted by Crippen LogP contribution is 2.14. The molecule has 0 saturated heterocycles. The van der Waals surface area contributed by atoms with Crippen molar-refractivity contribution in [1.29, 1.82) is 0 Å². The van der Waals surface area contributed by atoms with Gasteiger partial charge < -0.3 is 10.1 Å². The van der Waals surface area contributed by atoms with Crippen LogP contribution in [-0.2, 0) is 6.54 Å². The van der Waals surface area contributed by atoms with Crippen LogP contribution in [0, 0.1) is 11.8 Å². The topological polar surface area (TPSA) is 34.1 Å². The van der Waals surface area contributed by atoms with Crippen molar-refractivity contribution in [2.45, 2.75) is 6.54 Å². The molecule has 0 spiro atoms. The highest BCUT2D eigenvalue weighted by Gasteiger charge is 1.97. The molecule has 0 aliphatic rings. The molecule has 3 heteroatoms. The number of rotatable bonds is 4. The summed E-state index contributed by atoms with van der Waals surface area (Å²) < 4.78 is 5.17. The fraction of sp³-hybridized carbons (Fsp3) is 0.0952. The lowest BCUT2D eigenvalue weighted by Crippen LogP contribution is -1.99. The molecule has 0 aliphatic heterocycles. The van der Waals surface area contributed by atoms with Gasteiger partial charge in [-0.15, -0.1) is 0 Å². The number of nitrogens with zero attached hydrogens (tertiary/aromatic N) is 1. The predicted octanol–water partition coefficient (Wildman–Crippen LogP) is 4.10. The average molecular weight is 314 g/mol. The van der Waals surface area contributed by atoms with Gasteiger partial charge in [0.05, 0.1) is 7.11 Å². The molecule has 0 saturated carbocycles. The zero-order valence-electron chi connectivity index (χ0n) is 13.5. The molecule has 118 valence electrons. The molecular formula is C21H18N2O. The van der Waals surface area contributed by atoms with Gasteiger partial charge in [-0.05, 0) is 53.9 Å². The van der Waals surface area contributed by atoms with Crippen LogP contribution in [-0.4, -0.2) is 12.1 Å². The van der Waals surface area contributed by atoms with Gasteiger partial charge in [-0.3, -0.25) is 0 Å². The van der Waals surface area contributed by atoms with Crippen molar-refractivity contribution >= 4 is 5.69 Å². The Morgan fingerprint density at radius 1 is 0.958 bits per heavy atom. The van der Waals surface area contributed by atoms with Crippen LogP contribution < -0.4 is 10.1 Å². The minimum atomic E-state index is 0.751. The molecule has 1 N–H and O–H groups in total. The maximum atomic E-state index is 5.17. The van der Waals surface area contributed by atoms with Gasteiger partial charge in [0.2, 0.25) is 0 Å². The van der Waals surface area contributed by atoms with Crippen molar-refractivity contribution in [3.63, 3.8) is 0 Å². The summed E-state index contributed by atoms with van der Waals surface area (Å²) in [6, 6.07) is 21.8. The van der Waals surface area contributed by atoms with E-state index in [0.29, 0.717) is 0 Å². The average Bonchev–Trinajstić information content (AvgIpc) is 2.66. The van der Waals surface area contributed by atoms with Crippen LogP contribution in [0.15, 0.2) is 72.9 Å². The van der Waals surface area contributed by atoms with E-state index in [2.05, 4.69) is 34.3 Å². The third-order valence-corrected chi connectivity index (χ3v) is 3.52. The second kappa shape index (κ2) is 7.85. The van der Waals surface area contributed by atoms with E-state index >= 15 is 0 Å². The van der Waals surface area contributed by atoms with Crippen molar-refractivity contribution in [2.24, 2.45) is 0 Å². The first kappa shape index (κ1) is 15.6. The van der Waals surface area contributed by atoms with Crippen molar-refractivity contribution < 1.29 is 4.74 Å². The van der Waals surface area contributed by atoms with E-state index in [9.17, 15) is 0 Å². The maximum Gasteiger partial charge on any atom is 0.118 e. The molecule has 0 unspecified atom stereocenters. The van der Waals surface area contributed by atoms with Gasteiger partial charge in [0, 0.05) is 24.0 Å². The first-order valence-electron chi connectivity index (χ1n) is 7.73. The molecule has 2 aromatic carbocycles. The Kier molecular flexibility index (Phi) is 5.11. The first-order valence-corrected chi connectivity index (χ1v) is 7.73. The maximum absolute atomic E-state index is 5.17. The third-order valence-electron chi connectivity index (χ3n) is 3.52. The highest BCUT2D eigenvalue weighted by atomic mass is 16.5. The quantitative estimate of drug-likeness (QED) is 0.736. The van der Waals surface area contributed by atoms with Crippen molar-refractivity contribution in [1.82, 2.24) is 4.98 Å². The molecule has 1 aromatic heterocycles. The number of ether oxygens (including phenoxy) is 1. The van der Waals surface area contributed by atoms with Gasteiger partial charge in [-0.2, -0.15) is 0 Å². The SMILES string of the molecule is COc1ccc(CNc2cccc(C#Cc3ccccn3)c2)cc1. The van der Waals surface area contributed by atoms with E-state index in [1.165, 1.54) is 5.56 Å². The zero-order valence-corrected chi connectivity index (χ0v) is 13.5. The van der Waals surface area contributed by atoms with Crippen LogP contribution in [0.4, 0.5) is 5.69 Å². The van der Waals surface area contributed by atoms with Crippen LogP contribution in [0.25, 0.3) is 0 Å². The van der Waals surface area contributed by atoms with Gasteiger partial charge in [0.1, 0.15) is 11.4 Å². The predicted molar refractivity (Wildman–Crippen MR) is 97.0 cm³/mol. The van der Waals surface area contributed by atoms with Crippen LogP contribution >= 0.6 is 0 Å². The Hall–Kier alpha value is -3.25. The number of nitrogens with one attached hydrogen (secondary N) is 1. The molecular weight excluding hydrogens is 296 g/mol. The summed E-state index contributed by atoms with van der Waals surface area (Å²) >= 11 is 0. The molecule has 0 radical (unpaired) electrons. The second-order valence-corrected chi connectivity index (χ2v) is 5.25.